The third kappa shape index (κ3) is 4.22. The molecule has 138 valence electrons. The maximum Gasteiger partial charge on any atom is 0.322 e. The number of nitrogens with zero attached hydrogens (tertiary/aromatic N) is 2. The summed E-state index contributed by atoms with van der Waals surface area (Å²) in [7, 11) is 0. The molecule has 26 heavy (non-hydrogen) atoms. The lowest BCUT2D eigenvalue weighted by molar-refractivity contribution is 0.208. The molecule has 0 saturated carbocycles. The molecule has 3 rings (SSSR count). The van der Waals surface area contributed by atoms with Crippen LogP contribution >= 0.6 is 11.6 Å². The quantitative estimate of drug-likeness (QED) is 0.863. The molecule has 0 bridgehead atoms. The summed E-state index contributed by atoms with van der Waals surface area (Å²) in [6.07, 6.45) is 0. The topological polar surface area (TPSA) is 44.8 Å². The summed E-state index contributed by atoms with van der Waals surface area (Å²) in [6, 6.07) is 13.3. The van der Waals surface area contributed by atoms with Crippen LogP contribution < -0.4 is 15.0 Å². The number of urea groups is 1. The van der Waals surface area contributed by atoms with E-state index in [-0.39, 0.29) is 6.03 Å². The summed E-state index contributed by atoms with van der Waals surface area (Å²) in [5.41, 5.74) is 3.03. The Morgan fingerprint density at radius 1 is 1.15 bits per heavy atom. The molecule has 0 atom stereocenters. The van der Waals surface area contributed by atoms with Crippen molar-refractivity contribution < 1.29 is 9.53 Å². The van der Waals surface area contributed by atoms with Crippen LogP contribution in [0.1, 0.15) is 12.5 Å². The maximum absolute atomic E-state index is 12.6. The van der Waals surface area contributed by atoms with E-state index in [4.69, 9.17) is 16.3 Å². The van der Waals surface area contributed by atoms with Crippen molar-refractivity contribution in [2.24, 2.45) is 0 Å². The molecule has 1 fully saturated rings. The zero-order valence-corrected chi connectivity index (χ0v) is 15.9. The molecule has 1 N–H and O–H groups in total. The van der Waals surface area contributed by atoms with E-state index in [1.54, 1.807) is 0 Å². The predicted molar refractivity (Wildman–Crippen MR) is 107 cm³/mol. The predicted octanol–water partition coefficient (Wildman–Crippen LogP) is 4.40. The lowest BCUT2D eigenvalue weighted by atomic mass is 10.1. The third-order valence-corrected chi connectivity index (χ3v) is 4.74. The molecule has 2 aromatic carbocycles. The van der Waals surface area contributed by atoms with Gasteiger partial charge in [-0.2, -0.15) is 0 Å². The van der Waals surface area contributed by atoms with Gasteiger partial charge < -0.3 is 19.9 Å². The highest BCUT2D eigenvalue weighted by Gasteiger charge is 2.23. The average molecular weight is 374 g/mol. The molecule has 2 aromatic rings. The van der Waals surface area contributed by atoms with Gasteiger partial charge in [0.1, 0.15) is 5.75 Å². The second-order valence-electron chi connectivity index (χ2n) is 6.26. The Bertz CT molecular complexity index is 773. The highest BCUT2D eigenvalue weighted by Crippen LogP contribution is 2.26. The zero-order valence-electron chi connectivity index (χ0n) is 15.2. The number of rotatable bonds is 4. The van der Waals surface area contributed by atoms with Gasteiger partial charge in [0, 0.05) is 36.9 Å². The molecule has 5 nitrogen and oxygen atoms in total. The summed E-state index contributed by atoms with van der Waals surface area (Å²) >= 11 is 6.13. The van der Waals surface area contributed by atoms with Gasteiger partial charge in [0.05, 0.1) is 12.3 Å². The van der Waals surface area contributed by atoms with Gasteiger partial charge in [-0.1, -0.05) is 29.8 Å². The van der Waals surface area contributed by atoms with Gasteiger partial charge in [0.25, 0.3) is 0 Å². The number of amides is 2. The number of ether oxygens (including phenoxy) is 1. The van der Waals surface area contributed by atoms with Crippen LogP contribution in [0.25, 0.3) is 0 Å². The Kier molecular flexibility index (Phi) is 5.89. The van der Waals surface area contributed by atoms with Crippen molar-refractivity contribution in [3.63, 3.8) is 0 Å². The second kappa shape index (κ2) is 8.32. The lowest BCUT2D eigenvalue weighted by Crippen LogP contribution is -2.50. The minimum absolute atomic E-state index is 0.0976. The van der Waals surface area contributed by atoms with Gasteiger partial charge in [-0.15, -0.1) is 0 Å². The highest BCUT2D eigenvalue weighted by atomic mass is 35.5. The number of anilines is 2. The first kappa shape index (κ1) is 18.4. The number of carbonyl (C=O) groups is 1. The van der Waals surface area contributed by atoms with Crippen LogP contribution in [-0.4, -0.2) is 43.7 Å². The highest BCUT2D eigenvalue weighted by molar-refractivity contribution is 6.30. The SMILES string of the molecule is CCOc1ccccc1NC(=O)N1CCN(c2cc(Cl)ccc2C)CC1. The molecule has 0 spiro atoms. The smallest absolute Gasteiger partial charge is 0.322 e. The van der Waals surface area contributed by atoms with Crippen molar-refractivity contribution >= 4 is 29.0 Å². The normalized spacial score (nSPS) is 14.3. The third-order valence-electron chi connectivity index (χ3n) is 4.51. The number of aryl methyl sites for hydroxylation is 1. The van der Waals surface area contributed by atoms with Gasteiger partial charge in [0.2, 0.25) is 0 Å². The first-order valence-electron chi connectivity index (χ1n) is 8.87. The van der Waals surface area contributed by atoms with Crippen LogP contribution in [0.15, 0.2) is 42.5 Å². The number of nitrogens with one attached hydrogen (secondary N) is 1. The van der Waals surface area contributed by atoms with Crippen molar-refractivity contribution in [1.82, 2.24) is 4.90 Å². The molecule has 1 heterocycles. The molecule has 1 saturated heterocycles. The van der Waals surface area contributed by atoms with Crippen LogP contribution in [0.5, 0.6) is 5.75 Å². The van der Waals surface area contributed by atoms with E-state index in [0.717, 1.165) is 23.8 Å². The molecule has 1 aliphatic rings. The summed E-state index contributed by atoms with van der Waals surface area (Å²) in [6.45, 7) is 7.45. The van der Waals surface area contributed by atoms with E-state index in [2.05, 4.69) is 17.1 Å². The second-order valence-corrected chi connectivity index (χ2v) is 6.70. The summed E-state index contributed by atoms with van der Waals surface area (Å²) in [5, 5.41) is 3.70. The monoisotopic (exact) mass is 373 g/mol. The lowest BCUT2D eigenvalue weighted by Gasteiger charge is -2.36. The molecule has 0 radical (unpaired) electrons. The fourth-order valence-electron chi connectivity index (χ4n) is 3.12. The first-order valence-corrected chi connectivity index (χ1v) is 9.25. The number of hydrogen-bond donors (Lipinski definition) is 1. The molecule has 1 aliphatic heterocycles. The Morgan fingerprint density at radius 2 is 1.88 bits per heavy atom. The Labute approximate surface area is 159 Å². The van der Waals surface area contributed by atoms with Gasteiger partial charge in [0.15, 0.2) is 0 Å². The number of hydrogen-bond acceptors (Lipinski definition) is 3. The minimum Gasteiger partial charge on any atom is -0.492 e. The molecule has 2 amide bonds. The van der Waals surface area contributed by atoms with Crippen molar-refractivity contribution in [2.45, 2.75) is 13.8 Å². The standard InChI is InChI=1S/C20H24ClN3O2/c1-3-26-19-7-5-4-6-17(19)22-20(25)24-12-10-23(11-13-24)18-14-16(21)9-8-15(18)2/h4-9,14H,3,10-13H2,1-2H3,(H,22,25). The molecule has 0 aliphatic carbocycles. The van der Waals surface area contributed by atoms with Gasteiger partial charge in [-0.25, -0.2) is 4.79 Å². The fraction of sp³-hybridized carbons (Fsp3) is 0.350. The summed E-state index contributed by atoms with van der Waals surface area (Å²) < 4.78 is 5.57. The van der Waals surface area contributed by atoms with E-state index >= 15 is 0 Å². The van der Waals surface area contributed by atoms with E-state index < -0.39 is 0 Å². The summed E-state index contributed by atoms with van der Waals surface area (Å²) in [4.78, 5) is 16.7. The van der Waals surface area contributed by atoms with E-state index in [1.165, 1.54) is 5.56 Å². The van der Waals surface area contributed by atoms with Crippen molar-refractivity contribution in [3.8, 4) is 5.75 Å². The van der Waals surface area contributed by atoms with Crippen molar-refractivity contribution in [2.75, 3.05) is 43.0 Å². The average Bonchev–Trinajstić information content (AvgIpc) is 2.65. The van der Waals surface area contributed by atoms with E-state index in [9.17, 15) is 4.79 Å². The Balaban J connectivity index is 1.61. The Hall–Kier alpha value is -2.40. The van der Waals surface area contributed by atoms with Crippen LogP contribution in [0.3, 0.4) is 0 Å². The van der Waals surface area contributed by atoms with Gasteiger partial charge >= 0.3 is 6.03 Å². The number of piperazine rings is 1. The largest absolute Gasteiger partial charge is 0.492 e. The molecule has 0 aromatic heterocycles. The van der Waals surface area contributed by atoms with E-state index in [0.29, 0.717) is 31.1 Å². The molecule has 6 heteroatoms. The van der Waals surface area contributed by atoms with Crippen LogP contribution in [0, 0.1) is 6.92 Å². The molecular weight excluding hydrogens is 350 g/mol. The number of halogens is 1. The Morgan fingerprint density at radius 3 is 2.62 bits per heavy atom. The number of carbonyl (C=O) groups excluding carboxylic acids is 1. The summed E-state index contributed by atoms with van der Waals surface area (Å²) in [5.74, 6) is 0.691. The fourth-order valence-corrected chi connectivity index (χ4v) is 3.29. The van der Waals surface area contributed by atoms with Crippen molar-refractivity contribution in [1.29, 1.82) is 0 Å². The number of benzene rings is 2. The van der Waals surface area contributed by atoms with Gasteiger partial charge in [-0.05, 0) is 43.7 Å². The van der Waals surface area contributed by atoms with Crippen LogP contribution in [0.2, 0.25) is 5.02 Å². The first-order chi connectivity index (χ1) is 12.6. The zero-order chi connectivity index (χ0) is 18.5. The molecular formula is C20H24ClN3O2. The molecule has 0 unspecified atom stereocenters. The number of para-hydroxylation sites is 2. The van der Waals surface area contributed by atoms with Gasteiger partial charge in [-0.3, -0.25) is 0 Å². The maximum atomic E-state index is 12.6. The van der Waals surface area contributed by atoms with Crippen LogP contribution in [0.4, 0.5) is 16.2 Å². The van der Waals surface area contributed by atoms with Crippen LogP contribution in [-0.2, 0) is 0 Å². The minimum atomic E-state index is -0.0976. The van der Waals surface area contributed by atoms with E-state index in [1.807, 2.05) is 54.3 Å². The van der Waals surface area contributed by atoms with Crippen molar-refractivity contribution in [3.05, 3.63) is 53.1 Å².